The summed E-state index contributed by atoms with van der Waals surface area (Å²) < 4.78 is 19.8. The molecule has 0 saturated heterocycles. The predicted octanol–water partition coefficient (Wildman–Crippen LogP) is 6.27. The number of aromatic amines is 1. The number of hydrogen-bond acceptors (Lipinski definition) is 4. The van der Waals surface area contributed by atoms with Gasteiger partial charge in [0.25, 0.3) is 0 Å². The summed E-state index contributed by atoms with van der Waals surface area (Å²) >= 11 is 0. The summed E-state index contributed by atoms with van der Waals surface area (Å²) in [6.07, 6.45) is 7.82. The normalized spacial score (nSPS) is 14.6. The number of hydrogen-bond donors (Lipinski definition) is 2. The van der Waals surface area contributed by atoms with Gasteiger partial charge in [-0.15, -0.1) is 0 Å². The minimum atomic E-state index is -0.996. The summed E-state index contributed by atoms with van der Waals surface area (Å²) in [7, 11) is 1.60. The molecule has 2 heterocycles. The lowest BCUT2D eigenvalue weighted by Gasteiger charge is -2.32. The molecule has 0 amide bonds. The lowest BCUT2D eigenvalue weighted by atomic mass is 9.72. The van der Waals surface area contributed by atoms with E-state index in [0.29, 0.717) is 22.7 Å². The highest BCUT2D eigenvalue weighted by atomic mass is 19.1. The molecule has 1 fully saturated rings. The molecule has 0 unspecified atom stereocenters. The fourth-order valence-electron chi connectivity index (χ4n) is 4.72. The number of pyridine rings is 1. The molecule has 2 aromatic carbocycles. The van der Waals surface area contributed by atoms with Gasteiger partial charge >= 0.3 is 5.97 Å². The highest BCUT2D eigenvalue weighted by Crippen LogP contribution is 2.46. The van der Waals surface area contributed by atoms with Gasteiger partial charge in [-0.1, -0.05) is 36.8 Å². The van der Waals surface area contributed by atoms with Crippen molar-refractivity contribution in [2.75, 3.05) is 7.11 Å². The van der Waals surface area contributed by atoms with E-state index in [0.717, 1.165) is 58.7 Å². The van der Waals surface area contributed by atoms with E-state index in [1.165, 1.54) is 5.57 Å². The van der Waals surface area contributed by atoms with Crippen molar-refractivity contribution in [3.05, 3.63) is 94.6 Å². The summed E-state index contributed by atoms with van der Waals surface area (Å²) in [5.41, 5.74) is 7.46. The van der Waals surface area contributed by atoms with Crippen molar-refractivity contribution < 1.29 is 19.0 Å². The molecule has 2 N–H and O–H groups in total. The van der Waals surface area contributed by atoms with E-state index in [-0.39, 0.29) is 0 Å². The molecule has 1 aliphatic rings. The zero-order chi connectivity index (χ0) is 25.2. The molecular formula is C29H26FN3O3. The van der Waals surface area contributed by atoms with Gasteiger partial charge in [-0.3, -0.25) is 5.10 Å². The standard InChI is InChI=1S/C29H26FN3O3/c1-17-14-25(36-2)31-16-23(17)28(19-4-3-5-19)27(20-9-6-18(7-10-20)8-13-26(34)35)21-11-12-24-22(15-21)29(30)33-32-24/h6-16,19H,3-5H2,1-2H3,(H,32,33)(H,34,35). The summed E-state index contributed by atoms with van der Waals surface area (Å²) in [6, 6.07) is 15.3. The molecule has 0 atom stereocenters. The van der Waals surface area contributed by atoms with Crippen LogP contribution in [0.25, 0.3) is 28.1 Å². The monoisotopic (exact) mass is 483 g/mol. The Morgan fingerprint density at radius 2 is 1.89 bits per heavy atom. The largest absolute Gasteiger partial charge is 0.481 e. The number of H-pyrrole nitrogens is 1. The number of aryl methyl sites for hydroxylation is 1. The van der Waals surface area contributed by atoms with E-state index in [4.69, 9.17) is 9.84 Å². The third kappa shape index (κ3) is 4.52. The van der Waals surface area contributed by atoms with Gasteiger partial charge in [0, 0.05) is 23.9 Å². The summed E-state index contributed by atoms with van der Waals surface area (Å²) in [6.45, 7) is 2.05. The lowest BCUT2D eigenvalue weighted by Crippen LogP contribution is -2.16. The Morgan fingerprint density at radius 1 is 1.14 bits per heavy atom. The highest BCUT2D eigenvalue weighted by Gasteiger charge is 2.28. The van der Waals surface area contributed by atoms with Crippen molar-refractivity contribution in [1.82, 2.24) is 15.2 Å². The minimum absolute atomic E-state index is 0.338. The molecule has 7 heteroatoms. The van der Waals surface area contributed by atoms with Crippen LogP contribution in [0.5, 0.6) is 5.88 Å². The first-order chi connectivity index (χ1) is 17.4. The fourth-order valence-corrected chi connectivity index (χ4v) is 4.72. The van der Waals surface area contributed by atoms with E-state index < -0.39 is 11.9 Å². The maximum Gasteiger partial charge on any atom is 0.328 e. The van der Waals surface area contributed by atoms with Gasteiger partial charge in [0.05, 0.1) is 18.0 Å². The van der Waals surface area contributed by atoms with Crippen LogP contribution in [-0.2, 0) is 4.79 Å². The van der Waals surface area contributed by atoms with Gasteiger partial charge in [-0.05, 0) is 77.3 Å². The molecule has 1 saturated carbocycles. The summed E-state index contributed by atoms with van der Waals surface area (Å²) in [5, 5.41) is 15.9. The zero-order valence-electron chi connectivity index (χ0n) is 20.1. The molecule has 0 radical (unpaired) electrons. The van der Waals surface area contributed by atoms with E-state index in [1.807, 2.05) is 54.7 Å². The first kappa shape index (κ1) is 23.5. The molecule has 0 spiro atoms. The van der Waals surface area contributed by atoms with Crippen LogP contribution in [0, 0.1) is 18.8 Å². The van der Waals surface area contributed by atoms with Gasteiger partial charge in [-0.2, -0.15) is 9.49 Å². The predicted molar refractivity (Wildman–Crippen MR) is 138 cm³/mol. The minimum Gasteiger partial charge on any atom is -0.481 e. The second-order valence-electron chi connectivity index (χ2n) is 9.02. The number of aliphatic carboxylic acids is 1. The molecule has 6 nitrogen and oxygen atoms in total. The number of aromatic nitrogens is 3. The number of carboxylic acids is 1. The molecule has 182 valence electrons. The van der Waals surface area contributed by atoms with Crippen LogP contribution in [0.15, 0.2) is 60.8 Å². The van der Waals surface area contributed by atoms with Crippen LogP contribution in [0.4, 0.5) is 4.39 Å². The van der Waals surface area contributed by atoms with Crippen molar-refractivity contribution in [3.63, 3.8) is 0 Å². The number of carbonyl (C=O) groups is 1. The number of carboxylic acid groups (broad SMARTS) is 1. The third-order valence-electron chi connectivity index (χ3n) is 6.78. The molecular weight excluding hydrogens is 457 g/mol. The van der Waals surface area contributed by atoms with Crippen LogP contribution >= 0.6 is 0 Å². The summed E-state index contributed by atoms with van der Waals surface area (Å²) in [4.78, 5) is 15.4. The molecule has 1 aliphatic carbocycles. The number of nitrogens with one attached hydrogen (secondary N) is 1. The Kier molecular flexibility index (Phi) is 6.38. The summed E-state index contributed by atoms with van der Waals surface area (Å²) in [5.74, 6) is -0.565. The quantitative estimate of drug-likeness (QED) is 0.303. The van der Waals surface area contributed by atoms with E-state index in [1.54, 1.807) is 13.2 Å². The van der Waals surface area contributed by atoms with E-state index in [9.17, 15) is 9.18 Å². The Hall–Kier alpha value is -4.26. The third-order valence-corrected chi connectivity index (χ3v) is 6.78. The molecule has 5 rings (SSSR count). The van der Waals surface area contributed by atoms with Crippen molar-refractivity contribution >= 4 is 34.1 Å². The number of ether oxygens (including phenoxy) is 1. The average Bonchev–Trinajstić information content (AvgIpc) is 3.22. The second kappa shape index (κ2) is 9.77. The van der Waals surface area contributed by atoms with Gasteiger partial charge in [0.15, 0.2) is 0 Å². The topological polar surface area (TPSA) is 88.1 Å². The number of fused-ring (bicyclic) bond motifs is 1. The first-order valence-electron chi connectivity index (χ1n) is 11.8. The van der Waals surface area contributed by atoms with Gasteiger partial charge in [0.2, 0.25) is 11.8 Å². The van der Waals surface area contributed by atoms with E-state index in [2.05, 4.69) is 22.1 Å². The fraction of sp³-hybridized carbons (Fsp3) is 0.207. The number of rotatable bonds is 7. The number of benzene rings is 2. The van der Waals surface area contributed by atoms with Crippen LogP contribution in [0.2, 0.25) is 0 Å². The zero-order valence-corrected chi connectivity index (χ0v) is 20.1. The Bertz CT molecular complexity index is 1500. The number of halogens is 1. The molecule has 0 aliphatic heterocycles. The van der Waals surface area contributed by atoms with E-state index >= 15 is 0 Å². The number of methoxy groups -OCH3 is 1. The smallest absolute Gasteiger partial charge is 0.328 e. The van der Waals surface area contributed by atoms with Gasteiger partial charge in [0.1, 0.15) is 0 Å². The highest BCUT2D eigenvalue weighted by molar-refractivity contribution is 6.01. The van der Waals surface area contributed by atoms with Crippen LogP contribution in [0.3, 0.4) is 0 Å². The Morgan fingerprint density at radius 3 is 2.53 bits per heavy atom. The SMILES string of the molecule is COc1cc(C)c(C(=C(c2ccc(C=CC(=O)O)cc2)c2ccc3n[nH]c(F)c3c2)C2CCC2)cn1. The van der Waals surface area contributed by atoms with Gasteiger partial charge in [-0.25, -0.2) is 9.78 Å². The van der Waals surface area contributed by atoms with Crippen molar-refractivity contribution in [1.29, 1.82) is 0 Å². The average molecular weight is 484 g/mol. The second-order valence-corrected chi connectivity index (χ2v) is 9.02. The molecule has 4 aromatic rings. The lowest BCUT2D eigenvalue weighted by molar-refractivity contribution is -0.131. The molecule has 36 heavy (non-hydrogen) atoms. The van der Waals surface area contributed by atoms with Crippen LogP contribution < -0.4 is 4.74 Å². The number of allylic oxidation sites excluding steroid dienone is 1. The first-order valence-corrected chi connectivity index (χ1v) is 11.8. The molecule has 0 bridgehead atoms. The maximum atomic E-state index is 14.5. The molecule has 2 aromatic heterocycles. The van der Waals surface area contributed by atoms with Gasteiger partial charge < -0.3 is 9.84 Å². The van der Waals surface area contributed by atoms with Crippen molar-refractivity contribution in [3.8, 4) is 5.88 Å². The van der Waals surface area contributed by atoms with Crippen LogP contribution in [-0.4, -0.2) is 33.4 Å². The van der Waals surface area contributed by atoms with Crippen molar-refractivity contribution in [2.45, 2.75) is 26.2 Å². The number of nitrogens with zero attached hydrogens (tertiary/aromatic N) is 2. The maximum absolute atomic E-state index is 14.5. The Labute approximate surface area is 208 Å². The van der Waals surface area contributed by atoms with Crippen LogP contribution in [0.1, 0.15) is 47.1 Å². The Balaban J connectivity index is 1.76. The van der Waals surface area contributed by atoms with Crippen molar-refractivity contribution in [2.24, 2.45) is 5.92 Å².